The third-order valence-electron chi connectivity index (χ3n) is 7.02. The molecule has 3 aromatic rings. The summed E-state index contributed by atoms with van der Waals surface area (Å²) >= 11 is 0. The number of carbonyl (C=O) groups is 2. The highest BCUT2D eigenvalue weighted by Gasteiger charge is 2.20. The summed E-state index contributed by atoms with van der Waals surface area (Å²) < 4.78 is 6.65. The van der Waals surface area contributed by atoms with Gasteiger partial charge in [-0.2, -0.15) is 4.98 Å². The van der Waals surface area contributed by atoms with E-state index < -0.39 is 6.03 Å². The van der Waals surface area contributed by atoms with Gasteiger partial charge in [0.25, 0.3) is 0 Å². The van der Waals surface area contributed by atoms with Crippen molar-refractivity contribution in [2.24, 2.45) is 0 Å². The van der Waals surface area contributed by atoms with Crippen molar-refractivity contribution in [3.8, 4) is 5.75 Å². The standard InChI is InChI=1S/C28H33N9O3/c1-4-25(38)36-12-11-20(18-36)19-5-7-21(8-6-19)31-28(39)37-26(29)32-27(33-37)30-22-9-10-23(24(17-22)40-3)35-15-13-34(2)14-16-35/h4-11,17H,1,12-16,18H2,2-3H3,(H,31,39)(H3,29,30,32,33). The predicted octanol–water partition coefficient (Wildman–Crippen LogP) is 2.86. The van der Waals surface area contributed by atoms with E-state index in [-0.39, 0.29) is 17.8 Å². The average molecular weight is 544 g/mol. The third kappa shape index (κ3) is 5.76. The molecule has 2 amide bonds. The van der Waals surface area contributed by atoms with Crippen LogP contribution in [-0.4, -0.2) is 89.9 Å². The number of hydrogen-bond donors (Lipinski definition) is 3. The molecule has 0 atom stereocenters. The van der Waals surface area contributed by atoms with Crippen LogP contribution >= 0.6 is 0 Å². The number of likely N-dealkylation sites (N-methyl/N-ethyl adjacent to an activating group) is 1. The van der Waals surface area contributed by atoms with Crippen LogP contribution in [0.25, 0.3) is 5.57 Å². The number of amides is 2. The molecular formula is C28H33N9O3. The maximum absolute atomic E-state index is 12.9. The lowest BCUT2D eigenvalue weighted by Crippen LogP contribution is -2.44. The summed E-state index contributed by atoms with van der Waals surface area (Å²) in [6.07, 6.45) is 3.32. The van der Waals surface area contributed by atoms with Crippen LogP contribution < -0.4 is 26.0 Å². The average Bonchev–Trinajstić information content (AvgIpc) is 3.60. The number of nitrogens with one attached hydrogen (secondary N) is 2. The van der Waals surface area contributed by atoms with Crippen molar-refractivity contribution in [2.75, 3.05) is 74.7 Å². The van der Waals surface area contributed by atoms with E-state index in [0.717, 1.165) is 53.4 Å². The van der Waals surface area contributed by atoms with E-state index in [4.69, 9.17) is 10.5 Å². The van der Waals surface area contributed by atoms with Gasteiger partial charge in [0, 0.05) is 56.7 Å². The molecule has 2 aliphatic heterocycles. The molecule has 1 saturated heterocycles. The van der Waals surface area contributed by atoms with E-state index in [1.54, 1.807) is 24.1 Å². The lowest BCUT2D eigenvalue weighted by Gasteiger charge is -2.34. The lowest BCUT2D eigenvalue weighted by atomic mass is 10.1. The summed E-state index contributed by atoms with van der Waals surface area (Å²) in [6.45, 7) is 8.44. The van der Waals surface area contributed by atoms with Crippen molar-refractivity contribution in [2.45, 2.75) is 0 Å². The molecular weight excluding hydrogens is 510 g/mol. The summed E-state index contributed by atoms with van der Waals surface area (Å²) in [4.78, 5) is 35.2. The van der Waals surface area contributed by atoms with Crippen LogP contribution in [0, 0.1) is 0 Å². The number of rotatable bonds is 7. The Hall–Kier alpha value is -4.84. The second-order valence-electron chi connectivity index (χ2n) is 9.67. The lowest BCUT2D eigenvalue weighted by molar-refractivity contribution is -0.124. The number of nitrogens with two attached hydrogens (primary N) is 1. The number of methoxy groups -OCH3 is 1. The van der Waals surface area contributed by atoms with Gasteiger partial charge in [-0.15, -0.1) is 9.78 Å². The first-order chi connectivity index (χ1) is 19.3. The summed E-state index contributed by atoms with van der Waals surface area (Å²) in [6, 6.07) is 12.6. The van der Waals surface area contributed by atoms with Gasteiger partial charge in [-0.05, 0) is 48.5 Å². The van der Waals surface area contributed by atoms with Gasteiger partial charge >= 0.3 is 6.03 Å². The van der Waals surface area contributed by atoms with E-state index in [2.05, 4.69) is 44.1 Å². The zero-order valence-corrected chi connectivity index (χ0v) is 22.6. The van der Waals surface area contributed by atoms with Gasteiger partial charge in [0.05, 0.1) is 12.8 Å². The molecule has 4 N–H and O–H groups in total. The first kappa shape index (κ1) is 26.8. The Labute approximate surface area is 232 Å². The zero-order valence-electron chi connectivity index (χ0n) is 22.6. The van der Waals surface area contributed by atoms with Gasteiger partial charge in [0.2, 0.25) is 17.8 Å². The van der Waals surface area contributed by atoms with Crippen LogP contribution in [0.1, 0.15) is 5.56 Å². The monoisotopic (exact) mass is 543 g/mol. The maximum atomic E-state index is 12.9. The van der Waals surface area contributed by atoms with Gasteiger partial charge in [-0.3, -0.25) is 4.79 Å². The minimum absolute atomic E-state index is 0.0549. The van der Waals surface area contributed by atoms with E-state index in [1.165, 1.54) is 6.08 Å². The van der Waals surface area contributed by atoms with Gasteiger partial charge in [0.1, 0.15) is 5.75 Å². The number of nitrogen functional groups attached to an aromatic ring is 1. The van der Waals surface area contributed by atoms with E-state index >= 15 is 0 Å². The molecule has 0 radical (unpaired) electrons. The number of benzene rings is 2. The van der Waals surface area contributed by atoms with Gasteiger partial charge in [0.15, 0.2) is 0 Å². The largest absolute Gasteiger partial charge is 0.495 e. The second-order valence-corrected chi connectivity index (χ2v) is 9.67. The Morgan fingerprint density at radius 2 is 1.80 bits per heavy atom. The van der Waals surface area contributed by atoms with E-state index in [9.17, 15) is 9.59 Å². The van der Waals surface area contributed by atoms with Crippen LogP contribution in [0.3, 0.4) is 0 Å². The normalized spacial score (nSPS) is 15.5. The molecule has 2 aromatic carbocycles. The molecule has 12 nitrogen and oxygen atoms in total. The Kier molecular flexibility index (Phi) is 7.69. The van der Waals surface area contributed by atoms with E-state index in [0.29, 0.717) is 24.5 Å². The fourth-order valence-electron chi connectivity index (χ4n) is 4.72. The molecule has 5 rings (SSSR count). The molecule has 0 unspecified atom stereocenters. The second kappa shape index (κ2) is 11.5. The summed E-state index contributed by atoms with van der Waals surface area (Å²) in [5.41, 5.74) is 10.3. The topological polar surface area (TPSA) is 134 Å². The van der Waals surface area contributed by atoms with Gasteiger partial charge < -0.3 is 35.8 Å². The third-order valence-corrected chi connectivity index (χ3v) is 7.02. The minimum Gasteiger partial charge on any atom is -0.495 e. The fourth-order valence-corrected chi connectivity index (χ4v) is 4.72. The quantitative estimate of drug-likeness (QED) is 0.385. The molecule has 0 aliphatic carbocycles. The number of carbonyl (C=O) groups excluding carboxylic acids is 2. The maximum Gasteiger partial charge on any atom is 0.349 e. The van der Waals surface area contributed by atoms with Gasteiger partial charge in [-0.25, -0.2) is 4.79 Å². The number of ether oxygens (including phenoxy) is 1. The van der Waals surface area contributed by atoms with Gasteiger partial charge in [-0.1, -0.05) is 24.8 Å². The molecule has 3 heterocycles. The van der Waals surface area contributed by atoms with Crippen molar-refractivity contribution in [3.63, 3.8) is 0 Å². The zero-order chi connectivity index (χ0) is 28.2. The molecule has 208 valence electrons. The van der Waals surface area contributed by atoms with Crippen LogP contribution in [0.2, 0.25) is 0 Å². The number of piperazine rings is 1. The molecule has 2 aliphatic rings. The Bertz CT molecular complexity index is 1440. The number of aromatic nitrogens is 3. The Morgan fingerprint density at radius 3 is 2.50 bits per heavy atom. The Morgan fingerprint density at radius 1 is 1.07 bits per heavy atom. The highest BCUT2D eigenvalue weighted by atomic mass is 16.5. The van der Waals surface area contributed by atoms with E-state index in [1.807, 2.05) is 36.4 Å². The van der Waals surface area contributed by atoms with Crippen LogP contribution in [0.5, 0.6) is 5.75 Å². The summed E-state index contributed by atoms with van der Waals surface area (Å²) in [7, 11) is 3.76. The van der Waals surface area contributed by atoms with Crippen molar-refractivity contribution in [1.82, 2.24) is 24.6 Å². The molecule has 12 heteroatoms. The number of hydrogen-bond acceptors (Lipinski definition) is 9. The highest BCUT2D eigenvalue weighted by molar-refractivity contribution is 5.93. The van der Waals surface area contributed by atoms with Crippen molar-refractivity contribution < 1.29 is 14.3 Å². The van der Waals surface area contributed by atoms with Crippen molar-refractivity contribution >= 4 is 46.5 Å². The van der Waals surface area contributed by atoms with Crippen molar-refractivity contribution in [3.05, 3.63) is 66.8 Å². The molecule has 1 fully saturated rings. The minimum atomic E-state index is -0.545. The highest BCUT2D eigenvalue weighted by Crippen LogP contribution is 2.33. The number of nitrogens with zero attached hydrogens (tertiary/aromatic N) is 6. The van der Waals surface area contributed by atoms with Crippen LogP contribution in [-0.2, 0) is 4.79 Å². The summed E-state index contributed by atoms with van der Waals surface area (Å²) in [5.74, 6) is 0.762. The first-order valence-corrected chi connectivity index (χ1v) is 13.0. The SMILES string of the molecule is C=CC(=O)N1CC=C(c2ccc(NC(=O)n3nc(Nc4ccc(N5CCN(C)CC5)c(OC)c4)nc3N)cc2)C1. The van der Waals surface area contributed by atoms with Crippen LogP contribution in [0.15, 0.2) is 61.2 Å². The summed E-state index contributed by atoms with van der Waals surface area (Å²) in [5, 5.41) is 10.1. The molecule has 0 bridgehead atoms. The predicted molar refractivity (Wildman–Crippen MR) is 156 cm³/mol. The Balaban J connectivity index is 1.22. The molecule has 1 aromatic heterocycles. The smallest absolute Gasteiger partial charge is 0.349 e. The molecule has 0 saturated carbocycles. The molecule has 40 heavy (non-hydrogen) atoms. The van der Waals surface area contributed by atoms with Crippen molar-refractivity contribution in [1.29, 1.82) is 0 Å². The van der Waals surface area contributed by atoms with Crippen LogP contribution in [0.4, 0.5) is 33.8 Å². The first-order valence-electron chi connectivity index (χ1n) is 13.0. The fraction of sp³-hybridized carbons (Fsp3) is 0.286. The molecule has 0 spiro atoms. The number of anilines is 5.